The van der Waals surface area contributed by atoms with Crippen LogP contribution in [0.5, 0.6) is 0 Å². The van der Waals surface area contributed by atoms with Gasteiger partial charge >= 0.3 is 7.60 Å². The quantitative estimate of drug-likeness (QED) is 0.0539. The minimum absolute atomic E-state index is 0.0118. The summed E-state index contributed by atoms with van der Waals surface area (Å²) < 4.78 is 28.0. The minimum Gasteiger partial charge on any atom is -0.357 e. The maximum absolute atomic E-state index is 15.4. The molecule has 0 radical (unpaired) electrons. The lowest BCUT2D eigenvalue weighted by Crippen LogP contribution is -2.55. The minimum atomic E-state index is -4.16. The number of hydrogen-bond acceptors (Lipinski definition) is 8. The SMILES string of the molecule is CNC(=O)C(Cc1ccccc1)NC(=O)[C@H](CC(C)C)N[C@H](CCCN1C(=O)c2cccc3cccc(c23)C1=O)P(=O)(OCc1ccccc1)OCc1ccccc1. The van der Waals surface area contributed by atoms with Crippen molar-refractivity contribution in [1.29, 1.82) is 0 Å². The zero-order valence-corrected chi connectivity index (χ0v) is 34.0. The van der Waals surface area contributed by atoms with Crippen molar-refractivity contribution in [3.05, 3.63) is 155 Å². The summed E-state index contributed by atoms with van der Waals surface area (Å²) in [4.78, 5) is 56.3. The molecule has 3 N–H and O–H groups in total. The molecule has 1 aliphatic rings. The Morgan fingerprint density at radius 3 is 1.69 bits per heavy atom. The smallest absolute Gasteiger partial charge is 0.348 e. The molecule has 1 aliphatic heterocycles. The Kier molecular flexibility index (Phi) is 14.4. The maximum atomic E-state index is 15.4. The Labute approximate surface area is 340 Å². The summed E-state index contributed by atoms with van der Waals surface area (Å²) in [5.74, 6) is -2.66. The second kappa shape index (κ2) is 19.8. The van der Waals surface area contributed by atoms with Gasteiger partial charge in [-0.15, -0.1) is 0 Å². The first kappa shape index (κ1) is 42.2. The molecule has 0 saturated heterocycles. The molecule has 0 spiro atoms. The Balaban J connectivity index is 1.30. The van der Waals surface area contributed by atoms with E-state index in [0.717, 1.165) is 22.1 Å². The molecule has 12 heteroatoms. The van der Waals surface area contributed by atoms with Crippen molar-refractivity contribution in [2.45, 2.75) is 70.6 Å². The van der Waals surface area contributed by atoms with Gasteiger partial charge in [0.1, 0.15) is 11.8 Å². The van der Waals surface area contributed by atoms with Crippen molar-refractivity contribution in [1.82, 2.24) is 20.9 Å². The van der Waals surface area contributed by atoms with Crippen molar-refractivity contribution >= 4 is 42.0 Å². The lowest BCUT2D eigenvalue weighted by atomic mass is 9.94. The maximum Gasteiger partial charge on any atom is 0.348 e. The van der Waals surface area contributed by atoms with Gasteiger partial charge in [-0.1, -0.05) is 129 Å². The first-order chi connectivity index (χ1) is 28.1. The van der Waals surface area contributed by atoms with Crippen LogP contribution in [-0.4, -0.2) is 60.0 Å². The van der Waals surface area contributed by atoms with Gasteiger partial charge in [-0.2, -0.15) is 0 Å². The van der Waals surface area contributed by atoms with E-state index in [-0.39, 0.29) is 50.8 Å². The van der Waals surface area contributed by atoms with Gasteiger partial charge in [-0.3, -0.25) is 34.0 Å². The Hall–Kier alpha value is -5.45. The zero-order chi connectivity index (χ0) is 41.1. The number of nitrogens with one attached hydrogen (secondary N) is 3. The number of nitrogens with zero attached hydrogens (tertiary/aromatic N) is 1. The van der Waals surface area contributed by atoms with Crippen LogP contribution < -0.4 is 16.0 Å². The topological polar surface area (TPSA) is 143 Å². The van der Waals surface area contributed by atoms with Crippen LogP contribution in [0.25, 0.3) is 10.8 Å². The molecule has 3 atom stereocenters. The van der Waals surface area contributed by atoms with E-state index in [1.165, 1.54) is 11.9 Å². The average Bonchev–Trinajstić information content (AvgIpc) is 3.24. The Morgan fingerprint density at radius 1 is 0.672 bits per heavy atom. The Morgan fingerprint density at radius 2 is 1.19 bits per heavy atom. The predicted octanol–water partition coefficient (Wildman–Crippen LogP) is 7.65. The third-order valence-electron chi connectivity index (χ3n) is 10.2. The molecule has 6 rings (SSSR count). The molecule has 4 amide bonds. The standard InChI is InChI=1S/C46H51N4O7P/c1-32(2)28-39(44(52)49-40(43(51)47-3)29-33-16-7-4-8-17-33)48-41(58(55,56-30-34-18-9-5-10-19-34)57-31-35-20-11-6-12-21-35)26-15-27-50-45(53)37-24-13-22-36-23-14-25-38(42(36)37)46(50)54/h4-14,16-25,32,39-41,48H,15,26-31H2,1-3H3,(H,47,51)(H,49,52)/t39-,40?,41-/m0/s1. The molecule has 58 heavy (non-hydrogen) atoms. The van der Waals surface area contributed by atoms with Crippen LogP contribution in [0.1, 0.15) is 70.5 Å². The average molecular weight is 803 g/mol. The van der Waals surface area contributed by atoms with E-state index in [1.807, 2.05) is 117 Å². The fourth-order valence-corrected chi connectivity index (χ4v) is 9.17. The molecule has 0 aromatic heterocycles. The molecule has 1 unspecified atom stereocenters. The van der Waals surface area contributed by atoms with Crippen LogP contribution >= 0.6 is 7.60 Å². The van der Waals surface area contributed by atoms with Crippen LogP contribution in [0.4, 0.5) is 0 Å². The highest BCUT2D eigenvalue weighted by Crippen LogP contribution is 2.55. The highest BCUT2D eigenvalue weighted by atomic mass is 31.2. The Bertz CT molecular complexity index is 2140. The lowest BCUT2D eigenvalue weighted by Gasteiger charge is -2.33. The molecule has 11 nitrogen and oxygen atoms in total. The predicted molar refractivity (Wildman–Crippen MR) is 225 cm³/mol. The van der Waals surface area contributed by atoms with Crippen LogP contribution in [-0.2, 0) is 42.8 Å². The summed E-state index contributed by atoms with van der Waals surface area (Å²) >= 11 is 0. The van der Waals surface area contributed by atoms with Crippen molar-refractivity contribution in [3.8, 4) is 0 Å². The van der Waals surface area contributed by atoms with E-state index < -0.39 is 43.2 Å². The number of likely N-dealkylation sites (N-methyl/N-ethyl adjacent to an activating group) is 1. The molecule has 0 saturated carbocycles. The number of carbonyl (C=O) groups is 4. The number of amides is 4. The summed E-state index contributed by atoms with van der Waals surface area (Å²) in [6.07, 6.45) is 0.910. The fourth-order valence-electron chi connectivity index (χ4n) is 7.21. The van der Waals surface area contributed by atoms with Gasteiger partial charge in [-0.25, -0.2) is 0 Å². The number of benzene rings is 5. The van der Waals surface area contributed by atoms with Gasteiger partial charge in [0.05, 0.1) is 19.3 Å². The van der Waals surface area contributed by atoms with Gasteiger partial charge in [0, 0.05) is 36.5 Å². The van der Waals surface area contributed by atoms with Crippen molar-refractivity contribution in [3.63, 3.8) is 0 Å². The van der Waals surface area contributed by atoms with E-state index in [9.17, 15) is 19.2 Å². The summed E-state index contributed by atoms with van der Waals surface area (Å²) in [6.45, 7) is 3.90. The summed E-state index contributed by atoms with van der Waals surface area (Å²) in [5, 5.41) is 10.4. The molecule has 5 aromatic carbocycles. The van der Waals surface area contributed by atoms with E-state index >= 15 is 4.57 Å². The molecule has 0 fully saturated rings. The van der Waals surface area contributed by atoms with Crippen molar-refractivity contribution < 1.29 is 32.8 Å². The van der Waals surface area contributed by atoms with Gasteiger partial charge < -0.3 is 19.7 Å². The lowest BCUT2D eigenvalue weighted by molar-refractivity contribution is -0.130. The normalized spacial score (nSPS) is 14.3. The number of hydrogen-bond donors (Lipinski definition) is 3. The molecule has 1 heterocycles. The van der Waals surface area contributed by atoms with Crippen molar-refractivity contribution in [2.24, 2.45) is 5.92 Å². The number of carbonyl (C=O) groups excluding carboxylic acids is 4. The van der Waals surface area contributed by atoms with E-state index in [1.54, 1.807) is 24.3 Å². The van der Waals surface area contributed by atoms with Crippen LogP contribution in [0.3, 0.4) is 0 Å². The third-order valence-corrected chi connectivity index (χ3v) is 12.3. The molecule has 302 valence electrons. The molecule has 0 bridgehead atoms. The molecule has 0 aliphatic carbocycles. The first-order valence-corrected chi connectivity index (χ1v) is 21.3. The first-order valence-electron chi connectivity index (χ1n) is 19.7. The van der Waals surface area contributed by atoms with Crippen molar-refractivity contribution in [2.75, 3.05) is 13.6 Å². The molecule has 5 aromatic rings. The third kappa shape index (κ3) is 10.5. The largest absolute Gasteiger partial charge is 0.357 e. The highest BCUT2D eigenvalue weighted by Gasteiger charge is 2.40. The van der Waals surface area contributed by atoms with Gasteiger partial charge in [0.25, 0.3) is 11.8 Å². The summed E-state index contributed by atoms with van der Waals surface area (Å²) in [7, 11) is -2.64. The molecular formula is C46H51N4O7P. The summed E-state index contributed by atoms with van der Waals surface area (Å²) in [5.41, 5.74) is 3.30. The zero-order valence-electron chi connectivity index (χ0n) is 33.1. The summed E-state index contributed by atoms with van der Waals surface area (Å²) in [6, 6.07) is 37.0. The van der Waals surface area contributed by atoms with E-state index in [0.29, 0.717) is 22.9 Å². The fraction of sp³-hybridized carbons (Fsp3) is 0.304. The molecular weight excluding hydrogens is 752 g/mol. The second-order valence-electron chi connectivity index (χ2n) is 14.9. The number of imide groups is 1. The van der Waals surface area contributed by atoms with E-state index in [2.05, 4.69) is 16.0 Å². The van der Waals surface area contributed by atoms with E-state index in [4.69, 9.17) is 9.05 Å². The second-order valence-corrected chi connectivity index (χ2v) is 17.1. The van der Waals surface area contributed by atoms with Gasteiger partial charge in [-0.05, 0) is 59.4 Å². The van der Waals surface area contributed by atoms with Crippen LogP contribution in [0, 0.1) is 5.92 Å². The van der Waals surface area contributed by atoms with Gasteiger partial charge in [0.15, 0.2) is 0 Å². The monoisotopic (exact) mass is 802 g/mol. The highest BCUT2D eigenvalue weighted by molar-refractivity contribution is 7.54. The van der Waals surface area contributed by atoms with Crippen LogP contribution in [0.2, 0.25) is 0 Å². The van der Waals surface area contributed by atoms with Gasteiger partial charge in [0.2, 0.25) is 11.8 Å². The number of rotatable bonds is 20. The van der Waals surface area contributed by atoms with Crippen LogP contribution in [0.15, 0.2) is 127 Å².